The van der Waals surface area contributed by atoms with Crippen LogP contribution in [0.3, 0.4) is 0 Å². The fourth-order valence-electron chi connectivity index (χ4n) is 4.42. The summed E-state index contributed by atoms with van der Waals surface area (Å²) in [5.74, 6) is 1.00. The van der Waals surface area contributed by atoms with Gasteiger partial charge in [-0.05, 0) is 41.7 Å². The van der Waals surface area contributed by atoms with Crippen molar-refractivity contribution in [2.45, 2.75) is 32.0 Å². The maximum absolute atomic E-state index is 13.0. The molecule has 2 unspecified atom stereocenters. The molecule has 0 spiro atoms. The predicted molar refractivity (Wildman–Crippen MR) is 124 cm³/mol. The first-order valence-electron chi connectivity index (χ1n) is 11.0. The lowest BCUT2D eigenvalue weighted by Crippen LogP contribution is -2.44. The molecule has 0 saturated carbocycles. The molecule has 0 aliphatic carbocycles. The van der Waals surface area contributed by atoms with Gasteiger partial charge in [0.15, 0.2) is 0 Å². The van der Waals surface area contributed by atoms with Crippen molar-refractivity contribution >= 4 is 5.91 Å². The lowest BCUT2D eigenvalue weighted by Gasteiger charge is -2.39. The predicted octanol–water partition coefficient (Wildman–Crippen LogP) is 4.96. The van der Waals surface area contributed by atoms with Gasteiger partial charge in [-0.2, -0.15) is 0 Å². The highest BCUT2D eigenvalue weighted by Gasteiger charge is 2.32. The Morgan fingerprint density at radius 1 is 0.935 bits per heavy atom. The number of hydrogen-bond acceptors (Lipinski definition) is 3. The Kier molecular flexibility index (Phi) is 7.00. The minimum atomic E-state index is -0.00529. The van der Waals surface area contributed by atoms with Gasteiger partial charge < -0.3 is 10.1 Å². The molecule has 4 rings (SSSR count). The van der Waals surface area contributed by atoms with E-state index in [1.165, 1.54) is 11.1 Å². The minimum absolute atomic E-state index is 0.00529. The van der Waals surface area contributed by atoms with Gasteiger partial charge in [-0.3, -0.25) is 9.69 Å². The Balaban J connectivity index is 1.48. The fourth-order valence-corrected chi connectivity index (χ4v) is 4.42. The van der Waals surface area contributed by atoms with Crippen molar-refractivity contribution in [3.8, 4) is 5.75 Å². The first kappa shape index (κ1) is 21.1. The molecule has 1 amide bonds. The van der Waals surface area contributed by atoms with E-state index in [1.54, 1.807) is 7.11 Å². The van der Waals surface area contributed by atoms with E-state index in [1.807, 2.05) is 42.5 Å². The average Bonchev–Trinajstić information content (AvgIpc) is 2.84. The summed E-state index contributed by atoms with van der Waals surface area (Å²) in [6.45, 7) is 2.12. The van der Waals surface area contributed by atoms with Crippen LogP contribution in [0.2, 0.25) is 0 Å². The number of nitrogens with zero attached hydrogens (tertiary/aromatic N) is 1. The number of likely N-dealkylation sites (tertiary alicyclic amines) is 1. The molecular weight excluding hydrogens is 384 g/mol. The zero-order valence-corrected chi connectivity index (χ0v) is 18.0. The number of ether oxygens (including phenoxy) is 1. The monoisotopic (exact) mass is 414 g/mol. The van der Waals surface area contributed by atoms with Crippen LogP contribution in [0.25, 0.3) is 0 Å². The number of benzene rings is 3. The summed E-state index contributed by atoms with van der Waals surface area (Å²) in [4.78, 5) is 15.4. The number of piperidine rings is 1. The Morgan fingerprint density at radius 3 is 2.39 bits per heavy atom. The van der Waals surface area contributed by atoms with Crippen LogP contribution >= 0.6 is 0 Å². The van der Waals surface area contributed by atoms with Crippen molar-refractivity contribution < 1.29 is 9.53 Å². The molecule has 3 aromatic carbocycles. The van der Waals surface area contributed by atoms with Crippen LogP contribution in [0.1, 0.15) is 35.6 Å². The molecular formula is C27H30N2O2. The second-order valence-corrected chi connectivity index (χ2v) is 8.19. The van der Waals surface area contributed by atoms with E-state index in [0.717, 1.165) is 37.2 Å². The average molecular weight is 415 g/mol. The quantitative estimate of drug-likeness (QED) is 0.594. The van der Waals surface area contributed by atoms with E-state index in [9.17, 15) is 4.79 Å². The number of carbonyl (C=O) groups excluding carboxylic acids is 1. The molecule has 1 aliphatic heterocycles. The van der Waals surface area contributed by atoms with Crippen molar-refractivity contribution in [3.05, 3.63) is 102 Å². The van der Waals surface area contributed by atoms with Crippen LogP contribution in [-0.2, 0) is 17.9 Å². The SMILES string of the molecule is COc1cccc(CN2CC(C(=O)NCc3ccccc3)CCC2c2ccccc2)c1. The molecule has 4 nitrogen and oxygen atoms in total. The largest absolute Gasteiger partial charge is 0.497 e. The standard InChI is InChI=1S/C27H30N2O2/c1-31-25-14-8-11-22(17-25)19-29-20-24(15-16-26(29)23-12-6-3-7-13-23)27(30)28-18-21-9-4-2-5-10-21/h2-14,17,24,26H,15-16,18-20H2,1H3,(H,28,30). The zero-order valence-electron chi connectivity index (χ0n) is 18.0. The van der Waals surface area contributed by atoms with Gasteiger partial charge in [-0.15, -0.1) is 0 Å². The second kappa shape index (κ2) is 10.3. The summed E-state index contributed by atoms with van der Waals surface area (Å²) in [7, 11) is 1.69. The van der Waals surface area contributed by atoms with Gasteiger partial charge in [0, 0.05) is 25.7 Å². The molecule has 2 atom stereocenters. The van der Waals surface area contributed by atoms with Gasteiger partial charge in [0.1, 0.15) is 5.75 Å². The van der Waals surface area contributed by atoms with Crippen LogP contribution in [-0.4, -0.2) is 24.5 Å². The topological polar surface area (TPSA) is 41.6 Å². The summed E-state index contributed by atoms with van der Waals surface area (Å²) in [6, 6.07) is 29.2. The molecule has 1 aliphatic rings. The van der Waals surface area contributed by atoms with E-state index >= 15 is 0 Å². The molecule has 0 bridgehead atoms. The molecule has 1 N–H and O–H groups in total. The Bertz CT molecular complexity index is 975. The molecule has 160 valence electrons. The third kappa shape index (κ3) is 5.53. The number of rotatable bonds is 7. The summed E-state index contributed by atoms with van der Waals surface area (Å²) in [6.07, 6.45) is 1.87. The lowest BCUT2D eigenvalue weighted by atomic mass is 9.88. The summed E-state index contributed by atoms with van der Waals surface area (Å²) in [5.41, 5.74) is 3.64. The van der Waals surface area contributed by atoms with E-state index in [2.05, 4.69) is 52.7 Å². The summed E-state index contributed by atoms with van der Waals surface area (Å²) >= 11 is 0. The highest BCUT2D eigenvalue weighted by molar-refractivity contribution is 5.79. The van der Waals surface area contributed by atoms with Gasteiger partial charge >= 0.3 is 0 Å². The Morgan fingerprint density at radius 2 is 1.65 bits per heavy atom. The van der Waals surface area contributed by atoms with Crippen molar-refractivity contribution in [1.82, 2.24) is 10.2 Å². The highest BCUT2D eigenvalue weighted by atomic mass is 16.5. The van der Waals surface area contributed by atoms with Crippen molar-refractivity contribution in [2.75, 3.05) is 13.7 Å². The van der Waals surface area contributed by atoms with Crippen LogP contribution < -0.4 is 10.1 Å². The van der Waals surface area contributed by atoms with E-state index in [4.69, 9.17) is 4.74 Å². The lowest BCUT2D eigenvalue weighted by molar-refractivity contribution is -0.127. The van der Waals surface area contributed by atoms with E-state index < -0.39 is 0 Å². The normalized spacial score (nSPS) is 19.0. The number of hydrogen-bond donors (Lipinski definition) is 1. The maximum atomic E-state index is 13.0. The molecule has 31 heavy (non-hydrogen) atoms. The molecule has 1 heterocycles. The molecule has 1 saturated heterocycles. The molecule has 1 fully saturated rings. The highest BCUT2D eigenvalue weighted by Crippen LogP contribution is 2.35. The zero-order chi connectivity index (χ0) is 21.5. The molecule has 0 aromatic heterocycles. The van der Waals surface area contributed by atoms with Gasteiger partial charge in [-0.1, -0.05) is 72.8 Å². The summed E-state index contributed by atoms with van der Waals surface area (Å²) < 4.78 is 5.41. The van der Waals surface area contributed by atoms with Crippen molar-refractivity contribution in [2.24, 2.45) is 5.92 Å². The Hall–Kier alpha value is -3.11. The Labute approximate surface area is 184 Å². The van der Waals surface area contributed by atoms with Crippen LogP contribution in [0, 0.1) is 5.92 Å². The number of nitrogens with one attached hydrogen (secondary N) is 1. The van der Waals surface area contributed by atoms with Gasteiger partial charge in [0.05, 0.1) is 13.0 Å². The smallest absolute Gasteiger partial charge is 0.224 e. The fraction of sp³-hybridized carbons (Fsp3) is 0.296. The molecule has 4 heteroatoms. The number of methoxy groups -OCH3 is 1. The van der Waals surface area contributed by atoms with Crippen molar-refractivity contribution in [3.63, 3.8) is 0 Å². The van der Waals surface area contributed by atoms with Crippen LogP contribution in [0.5, 0.6) is 5.75 Å². The van der Waals surface area contributed by atoms with Gasteiger partial charge in [0.25, 0.3) is 0 Å². The molecule has 3 aromatic rings. The van der Waals surface area contributed by atoms with E-state index in [0.29, 0.717) is 12.6 Å². The third-order valence-corrected chi connectivity index (χ3v) is 6.07. The summed E-state index contributed by atoms with van der Waals surface area (Å²) in [5, 5.41) is 3.14. The second-order valence-electron chi connectivity index (χ2n) is 8.19. The van der Waals surface area contributed by atoms with Crippen LogP contribution in [0.4, 0.5) is 0 Å². The minimum Gasteiger partial charge on any atom is -0.497 e. The number of amides is 1. The first-order valence-corrected chi connectivity index (χ1v) is 11.0. The first-order chi connectivity index (χ1) is 15.2. The van der Waals surface area contributed by atoms with Gasteiger partial charge in [0.2, 0.25) is 5.91 Å². The third-order valence-electron chi connectivity index (χ3n) is 6.07. The maximum Gasteiger partial charge on any atom is 0.224 e. The number of carbonyl (C=O) groups is 1. The van der Waals surface area contributed by atoms with E-state index in [-0.39, 0.29) is 11.8 Å². The van der Waals surface area contributed by atoms with Gasteiger partial charge in [-0.25, -0.2) is 0 Å². The van der Waals surface area contributed by atoms with Crippen molar-refractivity contribution in [1.29, 1.82) is 0 Å². The molecule has 0 radical (unpaired) electrons. The van der Waals surface area contributed by atoms with Crippen LogP contribution in [0.15, 0.2) is 84.9 Å².